The summed E-state index contributed by atoms with van der Waals surface area (Å²) < 4.78 is 0. The van der Waals surface area contributed by atoms with Gasteiger partial charge in [0.15, 0.2) is 0 Å². The van der Waals surface area contributed by atoms with E-state index in [1.165, 1.54) is 12.8 Å². The zero-order valence-corrected chi connectivity index (χ0v) is 8.64. The molecule has 0 aromatic carbocycles. The monoisotopic (exact) mass is 173 g/mol. The molecule has 2 N–H and O–H groups in total. The average molecular weight is 173 g/mol. The molecule has 2 nitrogen and oxygen atoms in total. The Bertz CT molecular complexity index is 91.8. The third-order valence-corrected chi connectivity index (χ3v) is 2.43. The van der Waals surface area contributed by atoms with Gasteiger partial charge in [-0.1, -0.05) is 20.8 Å². The molecule has 12 heavy (non-hydrogen) atoms. The van der Waals surface area contributed by atoms with Crippen molar-refractivity contribution in [2.45, 2.75) is 58.5 Å². The fourth-order valence-electron chi connectivity index (χ4n) is 1.42. The summed E-state index contributed by atoms with van der Waals surface area (Å²) in [5.74, 6) is 0. The van der Waals surface area contributed by atoms with Crippen molar-refractivity contribution >= 4 is 0 Å². The zero-order chi connectivity index (χ0) is 9.40. The van der Waals surface area contributed by atoms with Crippen LogP contribution in [0.2, 0.25) is 0 Å². The third kappa shape index (κ3) is 4.73. The summed E-state index contributed by atoms with van der Waals surface area (Å²) in [6.07, 6.45) is 4.35. The van der Waals surface area contributed by atoms with E-state index in [4.69, 9.17) is 5.11 Å². The Morgan fingerprint density at radius 2 is 1.50 bits per heavy atom. The van der Waals surface area contributed by atoms with Gasteiger partial charge in [-0.15, -0.1) is 0 Å². The number of hydrogen-bond donors (Lipinski definition) is 2. The number of aliphatic hydroxyl groups is 1. The van der Waals surface area contributed by atoms with Crippen LogP contribution in [0.3, 0.4) is 0 Å². The van der Waals surface area contributed by atoms with Crippen molar-refractivity contribution in [2.24, 2.45) is 0 Å². The van der Waals surface area contributed by atoms with E-state index in [-0.39, 0.29) is 0 Å². The van der Waals surface area contributed by atoms with Crippen LogP contribution in [0.4, 0.5) is 0 Å². The van der Waals surface area contributed by atoms with E-state index in [0.717, 1.165) is 12.8 Å². The third-order valence-electron chi connectivity index (χ3n) is 2.43. The van der Waals surface area contributed by atoms with Gasteiger partial charge in [0, 0.05) is 18.7 Å². The summed E-state index contributed by atoms with van der Waals surface area (Å²) in [5, 5.41) is 12.3. The van der Waals surface area contributed by atoms with Crippen LogP contribution in [0.25, 0.3) is 0 Å². The molecule has 0 amide bonds. The largest absolute Gasteiger partial charge is 0.396 e. The van der Waals surface area contributed by atoms with Crippen LogP contribution >= 0.6 is 0 Å². The quantitative estimate of drug-likeness (QED) is 0.616. The number of hydrogen-bond acceptors (Lipinski definition) is 2. The highest BCUT2D eigenvalue weighted by molar-refractivity contribution is 4.70. The lowest BCUT2D eigenvalue weighted by Crippen LogP contribution is -2.37. The minimum absolute atomic E-state index is 0.297. The maximum atomic E-state index is 8.79. The molecule has 74 valence electrons. The molecule has 0 fully saturated rings. The van der Waals surface area contributed by atoms with Gasteiger partial charge in [0.2, 0.25) is 0 Å². The molecule has 1 atom stereocenters. The smallest absolute Gasteiger partial charge is 0.0445 e. The van der Waals surface area contributed by atoms with Crippen molar-refractivity contribution in [1.82, 2.24) is 5.32 Å². The van der Waals surface area contributed by atoms with E-state index in [2.05, 4.69) is 26.1 Å². The Morgan fingerprint density at radius 1 is 1.00 bits per heavy atom. The second-order valence-electron chi connectivity index (χ2n) is 3.30. The van der Waals surface area contributed by atoms with Crippen molar-refractivity contribution in [3.8, 4) is 0 Å². The van der Waals surface area contributed by atoms with Gasteiger partial charge in [0.05, 0.1) is 0 Å². The van der Waals surface area contributed by atoms with Gasteiger partial charge in [-0.2, -0.15) is 0 Å². The standard InChI is InChI=1S/C10H23NO/c1-4-9(5-2)11-10(6-3)7-8-12/h9-12H,4-8H2,1-3H3. The summed E-state index contributed by atoms with van der Waals surface area (Å²) in [4.78, 5) is 0. The highest BCUT2D eigenvalue weighted by Gasteiger charge is 2.09. The molecule has 0 heterocycles. The minimum Gasteiger partial charge on any atom is -0.396 e. The summed E-state index contributed by atoms with van der Waals surface area (Å²) in [5.41, 5.74) is 0. The van der Waals surface area contributed by atoms with Crippen LogP contribution in [0.15, 0.2) is 0 Å². The number of rotatable bonds is 7. The first-order valence-corrected chi connectivity index (χ1v) is 5.15. The van der Waals surface area contributed by atoms with Gasteiger partial charge in [-0.3, -0.25) is 0 Å². The summed E-state index contributed by atoms with van der Waals surface area (Å²) >= 11 is 0. The average Bonchev–Trinajstić information content (AvgIpc) is 2.12. The lowest BCUT2D eigenvalue weighted by Gasteiger charge is -2.22. The second-order valence-corrected chi connectivity index (χ2v) is 3.30. The Hall–Kier alpha value is -0.0800. The van der Waals surface area contributed by atoms with Gasteiger partial charge in [-0.05, 0) is 25.7 Å². The van der Waals surface area contributed by atoms with Crippen LogP contribution < -0.4 is 5.32 Å². The second kappa shape index (κ2) is 7.56. The van der Waals surface area contributed by atoms with Crippen molar-refractivity contribution in [1.29, 1.82) is 0 Å². The van der Waals surface area contributed by atoms with Crippen LogP contribution in [-0.4, -0.2) is 23.8 Å². The molecule has 0 aliphatic heterocycles. The SMILES string of the molecule is CCC(CC)NC(CC)CCO. The molecule has 1 unspecified atom stereocenters. The summed E-state index contributed by atoms with van der Waals surface area (Å²) in [6, 6.07) is 1.13. The normalized spacial score (nSPS) is 13.8. The maximum Gasteiger partial charge on any atom is 0.0445 e. The molecular formula is C10H23NO. The Kier molecular flexibility index (Phi) is 7.51. The van der Waals surface area contributed by atoms with Crippen molar-refractivity contribution in [3.63, 3.8) is 0 Å². The molecule has 0 aromatic rings. The van der Waals surface area contributed by atoms with Gasteiger partial charge in [0.1, 0.15) is 0 Å². The Morgan fingerprint density at radius 3 is 1.83 bits per heavy atom. The lowest BCUT2D eigenvalue weighted by atomic mass is 10.1. The number of aliphatic hydroxyl groups excluding tert-OH is 1. The summed E-state index contributed by atoms with van der Waals surface area (Å²) in [7, 11) is 0. The van der Waals surface area contributed by atoms with E-state index >= 15 is 0 Å². The molecule has 0 aliphatic carbocycles. The zero-order valence-electron chi connectivity index (χ0n) is 8.64. The van der Waals surface area contributed by atoms with Crippen LogP contribution in [0, 0.1) is 0 Å². The molecule has 0 aromatic heterocycles. The Balaban J connectivity index is 3.65. The highest BCUT2D eigenvalue weighted by atomic mass is 16.3. The molecule has 0 saturated heterocycles. The van der Waals surface area contributed by atoms with E-state index in [9.17, 15) is 0 Å². The van der Waals surface area contributed by atoms with Gasteiger partial charge in [0.25, 0.3) is 0 Å². The molecule has 0 rings (SSSR count). The highest BCUT2D eigenvalue weighted by Crippen LogP contribution is 2.03. The van der Waals surface area contributed by atoms with Crippen LogP contribution in [0.5, 0.6) is 0 Å². The van der Waals surface area contributed by atoms with E-state index < -0.39 is 0 Å². The van der Waals surface area contributed by atoms with E-state index in [1.54, 1.807) is 0 Å². The Labute approximate surface area is 76.4 Å². The predicted molar refractivity (Wildman–Crippen MR) is 53.3 cm³/mol. The van der Waals surface area contributed by atoms with Gasteiger partial charge >= 0.3 is 0 Å². The predicted octanol–water partition coefficient (Wildman–Crippen LogP) is 1.93. The molecular weight excluding hydrogens is 150 g/mol. The fraction of sp³-hybridized carbons (Fsp3) is 1.00. The van der Waals surface area contributed by atoms with Crippen molar-refractivity contribution in [2.75, 3.05) is 6.61 Å². The first-order valence-electron chi connectivity index (χ1n) is 5.15. The first-order chi connectivity index (χ1) is 5.78. The van der Waals surface area contributed by atoms with E-state index in [0.29, 0.717) is 18.7 Å². The lowest BCUT2D eigenvalue weighted by molar-refractivity contribution is 0.253. The molecule has 0 spiro atoms. The molecule has 0 bridgehead atoms. The van der Waals surface area contributed by atoms with E-state index in [1.807, 2.05) is 0 Å². The van der Waals surface area contributed by atoms with Gasteiger partial charge in [-0.25, -0.2) is 0 Å². The molecule has 0 radical (unpaired) electrons. The topological polar surface area (TPSA) is 32.3 Å². The number of nitrogens with one attached hydrogen (secondary N) is 1. The fourth-order valence-corrected chi connectivity index (χ4v) is 1.42. The molecule has 2 heteroatoms. The summed E-state index contributed by atoms with van der Waals surface area (Å²) in [6.45, 7) is 6.86. The first kappa shape index (κ1) is 11.9. The van der Waals surface area contributed by atoms with Crippen molar-refractivity contribution in [3.05, 3.63) is 0 Å². The van der Waals surface area contributed by atoms with Crippen molar-refractivity contribution < 1.29 is 5.11 Å². The van der Waals surface area contributed by atoms with Crippen LogP contribution in [-0.2, 0) is 0 Å². The van der Waals surface area contributed by atoms with Gasteiger partial charge < -0.3 is 10.4 Å². The maximum absolute atomic E-state index is 8.79. The van der Waals surface area contributed by atoms with Crippen LogP contribution in [0.1, 0.15) is 46.5 Å². The molecule has 0 saturated carbocycles. The molecule has 0 aliphatic rings. The minimum atomic E-state index is 0.297.